The van der Waals surface area contributed by atoms with Crippen LogP contribution in [0.4, 0.5) is 0 Å². The van der Waals surface area contributed by atoms with Crippen LogP contribution in [0, 0.1) is 5.92 Å². The third kappa shape index (κ3) is 2.02. The molecule has 6 nitrogen and oxygen atoms in total. The number of ether oxygens (including phenoxy) is 1. The lowest BCUT2D eigenvalue weighted by molar-refractivity contribution is 0.0329. The topological polar surface area (TPSA) is 68.6 Å². The Labute approximate surface area is 124 Å². The maximum atomic E-state index is 12.4. The second kappa shape index (κ2) is 4.84. The van der Waals surface area contributed by atoms with Crippen LogP contribution in [0.1, 0.15) is 16.9 Å². The van der Waals surface area contributed by atoms with Crippen LogP contribution < -0.4 is 0 Å². The maximum absolute atomic E-state index is 12.4. The first-order valence-corrected chi connectivity index (χ1v) is 8.68. The van der Waals surface area contributed by atoms with Gasteiger partial charge in [-0.25, -0.2) is 8.42 Å². The Morgan fingerprint density at radius 3 is 2.76 bits per heavy atom. The van der Waals surface area contributed by atoms with Crippen LogP contribution in [-0.4, -0.2) is 61.1 Å². The Balaban J connectivity index is 1.79. The zero-order chi connectivity index (χ0) is 15.3. The van der Waals surface area contributed by atoms with Gasteiger partial charge in [-0.15, -0.1) is 0 Å². The molecule has 21 heavy (non-hydrogen) atoms. The molecule has 1 spiro atoms. The average molecular weight is 312 g/mol. The number of carbonyl (C=O) groups excluding carboxylic acids is 1. The van der Waals surface area contributed by atoms with Gasteiger partial charge in [0.25, 0.3) is 5.91 Å². The van der Waals surface area contributed by atoms with Crippen molar-refractivity contribution in [2.45, 2.75) is 11.2 Å². The van der Waals surface area contributed by atoms with Gasteiger partial charge in [-0.3, -0.25) is 4.79 Å². The fourth-order valence-electron chi connectivity index (χ4n) is 3.50. The summed E-state index contributed by atoms with van der Waals surface area (Å²) in [5.74, 6) is 0.0871. The van der Waals surface area contributed by atoms with E-state index in [1.807, 2.05) is 19.3 Å². The molecule has 0 N–H and O–H groups in total. The Hall–Kier alpha value is -1.34. The van der Waals surface area contributed by atoms with Crippen molar-refractivity contribution >= 4 is 15.7 Å². The third-order valence-corrected chi connectivity index (χ3v) is 7.44. The third-order valence-electron chi connectivity index (χ3n) is 4.83. The molecule has 2 aliphatic heterocycles. The number of amides is 1. The number of hydrogen-bond acceptors (Lipinski definition) is 4. The summed E-state index contributed by atoms with van der Waals surface area (Å²) >= 11 is 0. The van der Waals surface area contributed by atoms with Crippen molar-refractivity contribution in [3.63, 3.8) is 0 Å². The quantitative estimate of drug-likeness (QED) is 0.805. The molecule has 0 radical (unpaired) electrons. The van der Waals surface area contributed by atoms with E-state index < -0.39 is 14.6 Å². The van der Waals surface area contributed by atoms with E-state index >= 15 is 0 Å². The number of rotatable bonds is 3. The lowest BCUT2D eigenvalue weighted by Gasteiger charge is -2.49. The van der Waals surface area contributed by atoms with E-state index in [-0.39, 0.29) is 30.7 Å². The van der Waals surface area contributed by atoms with Crippen molar-refractivity contribution in [2.24, 2.45) is 13.0 Å². The highest BCUT2D eigenvalue weighted by Gasteiger charge is 2.62. The monoisotopic (exact) mass is 312 g/mol. The molecule has 1 aromatic rings. The minimum absolute atomic E-state index is 0.00929. The predicted molar refractivity (Wildman–Crippen MR) is 77.8 cm³/mol. The molecule has 0 aliphatic carbocycles. The Morgan fingerprint density at radius 1 is 1.48 bits per heavy atom. The van der Waals surface area contributed by atoms with Gasteiger partial charge in [-0.05, 0) is 18.6 Å². The van der Waals surface area contributed by atoms with Crippen molar-refractivity contribution in [1.29, 1.82) is 0 Å². The summed E-state index contributed by atoms with van der Waals surface area (Å²) in [5, 5.41) is 0. The Kier molecular flexibility index (Phi) is 3.37. The molecule has 116 valence electrons. The van der Waals surface area contributed by atoms with Gasteiger partial charge < -0.3 is 14.2 Å². The van der Waals surface area contributed by atoms with Crippen LogP contribution in [0.3, 0.4) is 0 Å². The molecule has 7 heteroatoms. The summed E-state index contributed by atoms with van der Waals surface area (Å²) in [6.45, 7) is 1.01. The number of nitrogens with zero attached hydrogens (tertiary/aromatic N) is 2. The van der Waals surface area contributed by atoms with E-state index in [2.05, 4.69) is 0 Å². The minimum atomic E-state index is -3.15. The second-order valence-electron chi connectivity index (χ2n) is 5.99. The van der Waals surface area contributed by atoms with E-state index in [1.165, 1.54) is 0 Å². The zero-order valence-electron chi connectivity index (χ0n) is 12.3. The highest BCUT2D eigenvalue weighted by atomic mass is 32.2. The summed E-state index contributed by atoms with van der Waals surface area (Å²) in [4.78, 5) is 14.0. The molecule has 2 fully saturated rings. The van der Waals surface area contributed by atoms with Crippen molar-refractivity contribution in [1.82, 2.24) is 9.47 Å². The molecule has 3 rings (SSSR count). The van der Waals surface area contributed by atoms with Gasteiger partial charge in [0.05, 0.1) is 12.4 Å². The van der Waals surface area contributed by atoms with Crippen LogP contribution in [0.5, 0.6) is 0 Å². The first kappa shape index (κ1) is 14.6. The number of aromatic nitrogens is 1. The number of methoxy groups -OCH3 is 1. The van der Waals surface area contributed by atoms with Crippen LogP contribution in [0.2, 0.25) is 0 Å². The van der Waals surface area contributed by atoms with Crippen LogP contribution in [0.15, 0.2) is 18.3 Å². The summed E-state index contributed by atoms with van der Waals surface area (Å²) in [5.41, 5.74) is 0.587. The summed E-state index contributed by atoms with van der Waals surface area (Å²) < 4.78 is 30.9. The van der Waals surface area contributed by atoms with Crippen LogP contribution >= 0.6 is 0 Å². The molecular formula is C14H20N2O4S. The van der Waals surface area contributed by atoms with Gasteiger partial charge in [-0.1, -0.05) is 0 Å². The van der Waals surface area contributed by atoms with E-state index in [1.54, 1.807) is 22.6 Å². The Bertz CT molecular complexity index is 658. The molecule has 1 atom stereocenters. The predicted octanol–water partition coefficient (Wildman–Crippen LogP) is 0.301. The number of likely N-dealkylation sites (tertiary alicyclic amines) is 1. The molecule has 0 aromatic carbocycles. The summed E-state index contributed by atoms with van der Waals surface area (Å²) in [6.07, 6.45) is 2.44. The molecule has 0 saturated carbocycles. The van der Waals surface area contributed by atoms with E-state index in [0.29, 0.717) is 18.7 Å². The van der Waals surface area contributed by atoms with Gasteiger partial charge in [0.2, 0.25) is 0 Å². The van der Waals surface area contributed by atoms with Gasteiger partial charge in [0, 0.05) is 39.4 Å². The molecule has 3 heterocycles. The van der Waals surface area contributed by atoms with Gasteiger partial charge >= 0.3 is 0 Å². The SMILES string of the molecule is COCC1CCS(=O)(=O)C12CN(C(=O)c1cccn1C)C2. The fraction of sp³-hybridized carbons (Fsp3) is 0.643. The van der Waals surface area contributed by atoms with Gasteiger partial charge in [0.1, 0.15) is 10.4 Å². The highest BCUT2D eigenvalue weighted by molar-refractivity contribution is 7.93. The van der Waals surface area contributed by atoms with Crippen molar-refractivity contribution in [3.8, 4) is 0 Å². The molecular weight excluding hydrogens is 292 g/mol. The largest absolute Gasteiger partial charge is 0.384 e. The minimum Gasteiger partial charge on any atom is -0.384 e. The summed E-state index contributed by atoms with van der Waals surface area (Å²) in [6, 6.07) is 3.56. The molecule has 2 aliphatic rings. The van der Waals surface area contributed by atoms with Gasteiger partial charge in [0.15, 0.2) is 9.84 Å². The molecule has 0 bridgehead atoms. The van der Waals surface area contributed by atoms with E-state index in [0.717, 1.165) is 0 Å². The number of sulfone groups is 1. The van der Waals surface area contributed by atoms with Crippen molar-refractivity contribution in [3.05, 3.63) is 24.0 Å². The smallest absolute Gasteiger partial charge is 0.270 e. The van der Waals surface area contributed by atoms with Crippen molar-refractivity contribution in [2.75, 3.05) is 32.6 Å². The van der Waals surface area contributed by atoms with Crippen molar-refractivity contribution < 1.29 is 17.9 Å². The number of hydrogen-bond donors (Lipinski definition) is 0. The first-order valence-electron chi connectivity index (χ1n) is 7.03. The van der Waals surface area contributed by atoms with E-state index in [9.17, 15) is 13.2 Å². The van der Waals surface area contributed by atoms with Crippen LogP contribution in [-0.2, 0) is 21.6 Å². The first-order chi connectivity index (χ1) is 9.91. The molecule has 1 aromatic heterocycles. The molecule has 1 unspecified atom stereocenters. The second-order valence-corrected chi connectivity index (χ2v) is 8.44. The average Bonchev–Trinajstić information content (AvgIpc) is 2.90. The standard InChI is InChI=1S/C14H20N2O4S/c1-15-6-3-4-12(15)13(17)16-9-14(10-16)11(8-20-2)5-7-21(14,18)19/h3-4,6,11H,5,7-10H2,1-2H3. The fourth-order valence-corrected chi connectivity index (χ4v) is 5.90. The lowest BCUT2D eigenvalue weighted by Crippen LogP contribution is -2.68. The number of carbonyl (C=O) groups is 1. The van der Waals surface area contributed by atoms with E-state index in [4.69, 9.17) is 4.74 Å². The molecule has 1 amide bonds. The summed E-state index contributed by atoms with van der Waals surface area (Å²) in [7, 11) is 0.249. The van der Waals surface area contributed by atoms with Crippen LogP contribution in [0.25, 0.3) is 0 Å². The maximum Gasteiger partial charge on any atom is 0.270 e. The van der Waals surface area contributed by atoms with Gasteiger partial charge in [-0.2, -0.15) is 0 Å². The lowest BCUT2D eigenvalue weighted by atomic mass is 9.83. The Morgan fingerprint density at radius 2 is 2.19 bits per heavy atom. The molecule has 2 saturated heterocycles. The number of aryl methyl sites for hydroxylation is 1. The highest BCUT2D eigenvalue weighted by Crippen LogP contribution is 2.45. The zero-order valence-corrected chi connectivity index (χ0v) is 13.1. The normalized spacial score (nSPS) is 26.0.